The van der Waals surface area contributed by atoms with E-state index >= 15 is 0 Å². The minimum absolute atomic E-state index is 0.317. The van der Waals surface area contributed by atoms with Gasteiger partial charge in [0, 0.05) is 26.2 Å². The molecule has 1 aliphatic heterocycles. The second-order valence-corrected chi connectivity index (χ2v) is 7.00. The quantitative estimate of drug-likeness (QED) is 0.521. The summed E-state index contributed by atoms with van der Waals surface area (Å²) in [4.78, 5) is 5.73. The maximum Gasteiger partial charge on any atom is 0.0902 e. The van der Waals surface area contributed by atoms with Gasteiger partial charge in [-0.3, -0.25) is 4.90 Å². The molecule has 112 valence electrons. The van der Waals surface area contributed by atoms with Crippen molar-refractivity contribution < 1.29 is 0 Å². The Bertz CT molecular complexity index is 253. The molecule has 0 bridgehead atoms. The standard InChI is InChI=1S/C14H29N3S2/c1-3-6-13(14(15)18)17-10-8-16(9-11-17)7-5-12-19-4-2/h13H,3-12H2,1-2H3,(H2,15,18). The van der Waals surface area contributed by atoms with Gasteiger partial charge in [0.1, 0.15) is 0 Å². The molecule has 0 aromatic rings. The van der Waals surface area contributed by atoms with Crippen LogP contribution in [0.15, 0.2) is 0 Å². The van der Waals surface area contributed by atoms with Crippen molar-refractivity contribution in [3.05, 3.63) is 0 Å². The van der Waals surface area contributed by atoms with Gasteiger partial charge in [-0.15, -0.1) is 0 Å². The van der Waals surface area contributed by atoms with Crippen molar-refractivity contribution in [3.8, 4) is 0 Å². The topological polar surface area (TPSA) is 32.5 Å². The predicted molar refractivity (Wildman–Crippen MR) is 91.1 cm³/mol. The fourth-order valence-electron chi connectivity index (χ4n) is 2.61. The Labute approximate surface area is 128 Å². The highest BCUT2D eigenvalue weighted by Gasteiger charge is 2.24. The van der Waals surface area contributed by atoms with E-state index < -0.39 is 0 Å². The first-order valence-electron chi connectivity index (χ1n) is 7.52. The van der Waals surface area contributed by atoms with Gasteiger partial charge < -0.3 is 10.6 Å². The van der Waals surface area contributed by atoms with E-state index in [4.69, 9.17) is 18.0 Å². The summed E-state index contributed by atoms with van der Waals surface area (Å²) in [6, 6.07) is 0.317. The van der Waals surface area contributed by atoms with Crippen molar-refractivity contribution in [2.24, 2.45) is 5.73 Å². The Morgan fingerprint density at radius 2 is 1.95 bits per heavy atom. The lowest BCUT2D eigenvalue weighted by atomic mass is 10.1. The third-order valence-corrected chi connectivity index (χ3v) is 4.96. The Morgan fingerprint density at radius 3 is 2.47 bits per heavy atom. The lowest BCUT2D eigenvalue weighted by Crippen LogP contribution is -2.53. The smallest absolute Gasteiger partial charge is 0.0902 e. The van der Waals surface area contributed by atoms with Crippen LogP contribution in [0.5, 0.6) is 0 Å². The van der Waals surface area contributed by atoms with Crippen LogP contribution in [0.25, 0.3) is 0 Å². The monoisotopic (exact) mass is 303 g/mol. The third-order valence-electron chi connectivity index (χ3n) is 3.71. The van der Waals surface area contributed by atoms with Gasteiger partial charge >= 0.3 is 0 Å². The van der Waals surface area contributed by atoms with Crippen LogP contribution in [0.4, 0.5) is 0 Å². The first kappa shape index (κ1) is 17.2. The number of thiocarbonyl (C=S) groups is 1. The summed E-state index contributed by atoms with van der Waals surface area (Å²) in [7, 11) is 0. The summed E-state index contributed by atoms with van der Waals surface area (Å²) in [5, 5.41) is 0. The zero-order chi connectivity index (χ0) is 14.1. The number of piperazine rings is 1. The summed E-state index contributed by atoms with van der Waals surface area (Å²) in [6.45, 7) is 10.2. The molecule has 0 aliphatic carbocycles. The molecule has 0 amide bonds. The Kier molecular flexibility index (Phi) is 9.03. The van der Waals surface area contributed by atoms with Crippen molar-refractivity contribution in [1.29, 1.82) is 0 Å². The van der Waals surface area contributed by atoms with E-state index in [0.717, 1.165) is 25.9 Å². The van der Waals surface area contributed by atoms with Crippen LogP contribution in [0.2, 0.25) is 0 Å². The minimum atomic E-state index is 0.317. The van der Waals surface area contributed by atoms with E-state index in [2.05, 4.69) is 23.6 Å². The molecule has 0 aromatic carbocycles. The SMILES string of the molecule is CCCC(C(N)=S)N1CCN(CCCSCC)CC1. The maximum atomic E-state index is 5.88. The summed E-state index contributed by atoms with van der Waals surface area (Å²) in [5.74, 6) is 2.53. The normalized spacial score (nSPS) is 19.5. The Morgan fingerprint density at radius 1 is 1.26 bits per heavy atom. The number of rotatable bonds is 9. The highest BCUT2D eigenvalue weighted by molar-refractivity contribution is 7.99. The van der Waals surface area contributed by atoms with Crippen LogP contribution in [0.1, 0.15) is 33.1 Å². The summed E-state index contributed by atoms with van der Waals surface area (Å²) >= 11 is 7.25. The lowest BCUT2D eigenvalue weighted by molar-refractivity contribution is 0.115. The van der Waals surface area contributed by atoms with Crippen molar-refractivity contribution in [2.45, 2.75) is 39.2 Å². The highest BCUT2D eigenvalue weighted by Crippen LogP contribution is 2.12. The zero-order valence-electron chi connectivity index (χ0n) is 12.4. The zero-order valence-corrected chi connectivity index (χ0v) is 14.1. The van der Waals surface area contributed by atoms with Crippen molar-refractivity contribution in [1.82, 2.24) is 9.80 Å². The van der Waals surface area contributed by atoms with Crippen LogP contribution < -0.4 is 5.73 Å². The highest BCUT2D eigenvalue weighted by atomic mass is 32.2. The average Bonchev–Trinajstić information content (AvgIpc) is 2.41. The van der Waals surface area contributed by atoms with Crippen LogP contribution >= 0.6 is 24.0 Å². The molecule has 0 aromatic heterocycles. The molecule has 19 heavy (non-hydrogen) atoms. The average molecular weight is 304 g/mol. The van der Waals surface area contributed by atoms with Gasteiger partial charge in [-0.1, -0.05) is 32.5 Å². The molecule has 3 nitrogen and oxygen atoms in total. The predicted octanol–water partition coefficient (Wildman–Crippen LogP) is 2.20. The number of hydrogen-bond acceptors (Lipinski definition) is 4. The second kappa shape index (κ2) is 9.97. The molecule has 1 heterocycles. The molecule has 1 unspecified atom stereocenters. The molecular formula is C14H29N3S2. The van der Waals surface area contributed by atoms with Gasteiger partial charge in [0.05, 0.1) is 11.0 Å². The molecule has 0 spiro atoms. The van der Waals surface area contributed by atoms with Gasteiger partial charge in [-0.25, -0.2) is 0 Å². The van der Waals surface area contributed by atoms with E-state index in [-0.39, 0.29) is 0 Å². The third kappa shape index (κ3) is 6.43. The summed E-state index contributed by atoms with van der Waals surface area (Å²) in [5.41, 5.74) is 5.88. The van der Waals surface area contributed by atoms with Crippen LogP contribution in [0, 0.1) is 0 Å². The molecule has 1 aliphatic rings. The first-order valence-corrected chi connectivity index (χ1v) is 9.08. The van der Waals surface area contributed by atoms with Crippen molar-refractivity contribution in [3.63, 3.8) is 0 Å². The fraction of sp³-hybridized carbons (Fsp3) is 0.929. The Balaban J connectivity index is 2.25. The molecular weight excluding hydrogens is 274 g/mol. The molecule has 0 radical (unpaired) electrons. The molecule has 1 atom stereocenters. The molecule has 5 heteroatoms. The number of nitrogens with zero attached hydrogens (tertiary/aromatic N) is 2. The number of thioether (sulfide) groups is 1. The van der Waals surface area contributed by atoms with Crippen molar-refractivity contribution >= 4 is 29.0 Å². The van der Waals surface area contributed by atoms with E-state index in [1.165, 1.54) is 37.6 Å². The van der Waals surface area contributed by atoms with Crippen LogP contribution in [0.3, 0.4) is 0 Å². The second-order valence-electron chi connectivity index (χ2n) is 5.13. The maximum absolute atomic E-state index is 5.88. The van der Waals surface area contributed by atoms with Gasteiger partial charge in [-0.2, -0.15) is 11.8 Å². The van der Waals surface area contributed by atoms with Gasteiger partial charge in [0.15, 0.2) is 0 Å². The van der Waals surface area contributed by atoms with Crippen LogP contribution in [-0.4, -0.2) is 65.1 Å². The van der Waals surface area contributed by atoms with Gasteiger partial charge in [-0.05, 0) is 30.9 Å². The minimum Gasteiger partial charge on any atom is -0.392 e. The van der Waals surface area contributed by atoms with Crippen molar-refractivity contribution in [2.75, 3.05) is 44.2 Å². The number of nitrogens with two attached hydrogens (primary N) is 1. The molecule has 1 saturated heterocycles. The van der Waals surface area contributed by atoms with E-state index in [1.54, 1.807) is 0 Å². The molecule has 2 N–H and O–H groups in total. The molecule has 1 fully saturated rings. The largest absolute Gasteiger partial charge is 0.392 e. The molecule has 0 saturated carbocycles. The summed E-state index contributed by atoms with van der Waals surface area (Å²) < 4.78 is 0. The Hall–Kier alpha value is 0.160. The molecule has 1 rings (SSSR count). The van der Waals surface area contributed by atoms with E-state index in [0.29, 0.717) is 11.0 Å². The van der Waals surface area contributed by atoms with E-state index in [1.807, 2.05) is 11.8 Å². The fourth-order valence-corrected chi connectivity index (χ4v) is 3.50. The number of hydrogen-bond donors (Lipinski definition) is 1. The lowest BCUT2D eigenvalue weighted by Gasteiger charge is -2.39. The van der Waals surface area contributed by atoms with Gasteiger partial charge in [0.2, 0.25) is 0 Å². The van der Waals surface area contributed by atoms with E-state index in [9.17, 15) is 0 Å². The van der Waals surface area contributed by atoms with Gasteiger partial charge in [0.25, 0.3) is 0 Å². The summed E-state index contributed by atoms with van der Waals surface area (Å²) in [6.07, 6.45) is 3.56. The van der Waals surface area contributed by atoms with Crippen LogP contribution in [-0.2, 0) is 0 Å². The first-order chi connectivity index (χ1) is 9.19.